The van der Waals surface area contributed by atoms with Gasteiger partial charge in [0.2, 0.25) is 0 Å². The molecule has 0 atom stereocenters. The van der Waals surface area contributed by atoms with E-state index < -0.39 is 0 Å². The monoisotopic (exact) mass is 323 g/mol. The molecular weight excluding hydrogens is 306 g/mol. The number of amides is 2. The number of ether oxygens (including phenoxy) is 1. The Bertz CT molecular complexity index is 644. The fourth-order valence-corrected chi connectivity index (χ4v) is 1.94. The van der Waals surface area contributed by atoms with Gasteiger partial charge in [-0.15, -0.1) is 10.2 Å². The molecule has 7 nitrogen and oxygen atoms in total. The molecular formula is C14H18ClN5O2. The van der Waals surface area contributed by atoms with Gasteiger partial charge in [-0.05, 0) is 24.6 Å². The van der Waals surface area contributed by atoms with E-state index in [4.69, 9.17) is 16.3 Å². The topological polar surface area (TPSA) is 81.1 Å². The van der Waals surface area contributed by atoms with E-state index in [1.54, 1.807) is 29.1 Å². The molecule has 118 valence electrons. The van der Waals surface area contributed by atoms with Crippen molar-refractivity contribution >= 4 is 23.3 Å². The first-order valence-electron chi connectivity index (χ1n) is 6.90. The molecule has 0 aliphatic rings. The van der Waals surface area contributed by atoms with Crippen molar-refractivity contribution in [2.24, 2.45) is 7.05 Å². The smallest absolute Gasteiger partial charge is 0.319 e. The third kappa shape index (κ3) is 4.36. The van der Waals surface area contributed by atoms with Crippen molar-refractivity contribution < 1.29 is 9.53 Å². The van der Waals surface area contributed by atoms with Gasteiger partial charge in [0.25, 0.3) is 0 Å². The second-order valence-corrected chi connectivity index (χ2v) is 5.07. The highest BCUT2D eigenvalue weighted by Gasteiger charge is 2.07. The Morgan fingerprint density at radius 1 is 1.45 bits per heavy atom. The van der Waals surface area contributed by atoms with Gasteiger partial charge in [0, 0.05) is 12.7 Å². The lowest BCUT2D eigenvalue weighted by molar-refractivity contribution is 0.251. The molecule has 1 heterocycles. The molecule has 0 fully saturated rings. The summed E-state index contributed by atoms with van der Waals surface area (Å²) in [6.45, 7) is 2.91. The maximum absolute atomic E-state index is 11.8. The van der Waals surface area contributed by atoms with Crippen LogP contribution in [-0.4, -0.2) is 27.4 Å². The third-order valence-electron chi connectivity index (χ3n) is 2.86. The van der Waals surface area contributed by atoms with Crippen molar-refractivity contribution in [1.82, 2.24) is 20.1 Å². The van der Waals surface area contributed by atoms with Crippen LogP contribution in [0.4, 0.5) is 10.5 Å². The highest BCUT2D eigenvalue weighted by molar-refractivity contribution is 6.32. The fraction of sp³-hybridized carbons (Fsp3) is 0.357. The van der Waals surface area contributed by atoms with E-state index in [0.29, 0.717) is 28.9 Å². The molecule has 0 bridgehead atoms. The molecule has 0 saturated heterocycles. The molecule has 0 aliphatic heterocycles. The first-order valence-corrected chi connectivity index (χ1v) is 7.28. The van der Waals surface area contributed by atoms with Crippen molar-refractivity contribution in [2.45, 2.75) is 19.9 Å². The number of nitrogens with zero attached hydrogens (tertiary/aromatic N) is 3. The van der Waals surface area contributed by atoms with Crippen molar-refractivity contribution in [3.05, 3.63) is 35.4 Å². The van der Waals surface area contributed by atoms with E-state index >= 15 is 0 Å². The number of aromatic nitrogens is 3. The summed E-state index contributed by atoms with van der Waals surface area (Å²) in [5.41, 5.74) is 0.587. The van der Waals surface area contributed by atoms with Gasteiger partial charge >= 0.3 is 6.03 Å². The minimum absolute atomic E-state index is 0.285. The van der Waals surface area contributed by atoms with Crippen LogP contribution >= 0.6 is 11.6 Å². The number of urea groups is 1. The van der Waals surface area contributed by atoms with E-state index in [1.165, 1.54) is 0 Å². The Morgan fingerprint density at radius 3 is 2.91 bits per heavy atom. The molecule has 0 aliphatic carbocycles. The maximum Gasteiger partial charge on any atom is 0.319 e. The lowest BCUT2D eigenvalue weighted by Gasteiger charge is -2.10. The van der Waals surface area contributed by atoms with Crippen LogP contribution in [0.1, 0.15) is 19.2 Å². The maximum atomic E-state index is 11.8. The molecule has 2 aromatic rings. The zero-order valence-corrected chi connectivity index (χ0v) is 13.2. The molecule has 1 aromatic heterocycles. The number of hydrogen-bond acceptors (Lipinski definition) is 4. The molecule has 8 heteroatoms. The molecule has 2 N–H and O–H groups in total. The zero-order chi connectivity index (χ0) is 15.9. The summed E-state index contributed by atoms with van der Waals surface area (Å²) >= 11 is 6.11. The number of carbonyl (C=O) groups excluding carboxylic acids is 1. The van der Waals surface area contributed by atoms with Crippen LogP contribution < -0.4 is 15.4 Å². The average molecular weight is 324 g/mol. The van der Waals surface area contributed by atoms with Crippen molar-refractivity contribution in [3.63, 3.8) is 0 Å². The standard InChI is InChI=1S/C14H18ClN5O2/c1-3-6-22-12-5-4-10(7-11(12)15)18-14(21)16-8-13-19-17-9-20(13)2/h4-5,7,9H,3,6,8H2,1-2H3,(H2,16,18,21). The van der Waals surface area contributed by atoms with Gasteiger partial charge in [0.15, 0.2) is 5.82 Å². The number of halogens is 1. The number of hydrogen-bond donors (Lipinski definition) is 2. The van der Waals surface area contributed by atoms with Crippen LogP contribution in [0.2, 0.25) is 5.02 Å². The molecule has 0 unspecified atom stereocenters. The summed E-state index contributed by atoms with van der Waals surface area (Å²) in [7, 11) is 1.81. The van der Waals surface area contributed by atoms with Crippen molar-refractivity contribution in [3.8, 4) is 5.75 Å². The Balaban J connectivity index is 1.88. The molecule has 2 rings (SSSR count). The average Bonchev–Trinajstić information content (AvgIpc) is 2.90. The highest BCUT2D eigenvalue weighted by atomic mass is 35.5. The first kappa shape index (κ1) is 16.1. The van der Waals surface area contributed by atoms with Crippen molar-refractivity contribution in [2.75, 3.05) is 11.9 Å². The van der Waals surface area contributed by atoms with Gasteiger partial charge < -0.3 is 19.9 Å². The summed E-state index contributed by atoms with van der Waals surface area (Å²) in [4.78, 5) is 11.8. The van der Waals surface area contributed by atoms with Gasteiger partial charge in [-0.2, -0.15) is 0 Å². The highest BCUT2D eigenvalue weighted by Crippen LogP contribution is 2.27. The predicted octanol–water partition coefficient (Wildman–Crippen LogP) is 2.58. The molecule has 0 radical (unpaired) electrons. The van der Waals surface area contributed by atoms with E-state index in [2.05, 4.69) is 20.8 Å². The Kier molecular flexibility index (Phi) is 5.60. The van der Waals surface area contributed by atoms with E-state index in [-0.39, 0.29) is 12.6 Å². The number of nitrogens with one attached hydrogen (secondary N) is 2. The number of anilines is 1. The van der Waals surface area contributed by atoms with Gasteiger partial charge in [0.1, 0.15) is 12.1 Å². The van der Waals surface area contributed by atoms with Gasteiger partial charge in [0.05, 0.1) is 18.2 Å². The SMILES string of the molecule is CCCOc1ccc(NC(=O)NCc2nncn2C)cc1Cl. The van der Waals surface area contributed by atoms with Crippen LogP contribution in [0, 0.1) is 0 Å². The molecule has 22 heavy (non-hydrogen) atoms. The summed E-state index contributed by atoms with van der Waals surface area (Å²) < 4.78 is 7.21. The summed E-state index contributed by atoms with van der Waals surface area (Å²) in [5, 5.41) is 13.5. The zero-order valence-electron chi connectivity index (χ0n) is 12.5. The van der Waals surface area contributed by atoms with E-state index in [0.717, 1.165) is 6.42 Å². The van der Waals surface area contributed by atoms with Gasteiger partial charge in [-0.3, -0.25) is 0 Å². The van der Waals surface area contributed by atoms with Crippen LogP contribution in [0.15, 0.2) is 24.5 Å². The minimum atomic E-state index is -0.346. The van der Waals surface area contributed by atoms with Crippen LogP contribution in [0.25, 0.3) is 0 Å². The number of benzene rings is 1. The molecule has 1 aromatic carbocycles. The van der Waals surface area contributed by atoms with E-state index in [9.17, 15) is 4.79 Å². The molecule has 0 saturated carbocycles. The lowest BCUT2D eigenvalue weighted by Crippen LogP contribution is -2.29. The summed E-state index contributed by atoms with van der Waals surface area (Å²) in [6.07, 6.45) is 2.48. The second-order valence-electron chi connectivity index (χ2n) is 4.66. The predicted molar refractivity (Wildman–Crippen MR) is 84.1 cm³/mol. The summed E-state index contributed by atoms with van der Waals surface area (Å²) in [5.74, 6) is 1.27. The minimum Gasteiger partial charge on any atom is -0.492 e. The van der Waals surface area contributed by atoms with Gasteiger partial charge in [-0.1, -0.05) is 18.5 Å². The number of carbonyl (C=O) groups is 1. The number of aryl methyl sites for hydroxylation is 1. The Labute approximate surface area is 133 Å². The Morgan fingerprint density at radius 2 is 2.27 bits per heavy atom. The van der Waals surface area contributed by atoms with E-state index in [1.807, 2.05) is 14.0 Å². The normalized spacial score (nSPS) is 10.3. The largest absolute Gasteiger partial charge is 0.492 e. The van der Waals surface area contributed by atoms with Crippen molar-refractivity contribution in [1.29, 1.82) is 0 Å². The first-order chi connectivity index (χ1) is 10.6. The second kappa shape index (κ2) is 7.65. The van der Waals surface area contributed by atoms with Crippen LogP contribution in [0.5, 0.6) is 5.75 Å². The Hall–Kier alpha value is -2.28. The third-order valence-corrected chi connectivity index (χ3v) is 3.16. The van der Waals surface area contributed by atoms with Crippen LogP contribution in [0.3, 0.4) is 0 Å². The fourth-order valence-electron chi connectivity index (χ4n) is 1.71. The quantitative estimate of drug-likeness (QED) is 0.856. The summed E-state index contributed by atoms with van der Waals surface area (Å²) in [6, 6.07) is 4.77. The molecule has 2 amide bonds. The van der Waals surface area contributed by atoms with Crippen LogP contribution in [-0.2, 0) is 13.6 Å². The molecule has 0 spiro atoms. The van der Waals surface area contributed by atoms with Gasteiger partial charge in [-0.25, -0.2) is 4.79 Å². The lowest BCUT2D eigenvalue weighted by atomic mass is 10.3. The number of rotatable bonds is 6.